The zero-order valence-electron chi connectivity index (χ0n) is 17.4. The molecule has 0 atom stereocenters. The summed E-state index contributed by atoms with van der Waals surface area (Å²) >= 11 is 8.09. The van der Waals surface area contributed by atoms with Crippen LogP contribution < -0.4 is 10.2 Å². The van der Waals surface area contributed by atoms with Gasteiger partial charge < -0.3 is 15.1 Å². The molecule has 1 fully saturated rings. The Morgan fingerprint density at radius 3 is 2.29 bits per heavy atom. The molecular formula is C21H30ClN5S. The highest BCUT2D eigenvalue weighted by Crippen LogP contribution is 2.34. The standard InChI is InChI=1S/C21H30ClN5S/c1-21(2,3)16-8-6-15(7-9-16)14-23-20-24-18(22)17(28-5)19(25-20)27-12-10-26(4)11-13-27/h6-9H,10-14H2,1-5H3,(H,23,24,25). The number of aromatic nitrogens is 2. The predicted molar refractivity (Wildman–Crippen MR) is 121 cm³/mol. The first-order valence-electron chi connectivity index (χ1n) is 9.66. The summed E-state index contributed by atoms with van der Waals surface area (Å²) in [6.45, 7) is 11.3. The molecule has 0 unspecified atom stereocenters. The van der Waals surface area contributed by atoms with Crippen molar-refractivity contribution in [3.05, 3.63) is 40.5 Å². The molecular weight excluding hydrogens is 390 g/mol. The van der Waals surface area contributed by atoms with Crippen molar-refractivity contribution in [1.82, 2.24) is 14.9 Å². The van der Waals surface area contributed by atoms with E-state index >= 15 is 0 Å². The summed E-state index contributed by atoms with van der Waals surface area (Å²) in [5.41, 5.74) is 2.69. The van der Waals surface area contributed by atoms with Gasteiger partial charge >= 0.3 is 0 Å². The second-order valence-corrected chi connectivity index (χ2v) is 9.46. The lowest BCUT2D eigenvalue weighted by atomic mass is 9.87. The fourth-order valence-electron chi connectivity index (χ4n) is 3.20. The van der Waals surface area contributed by atoms with Gasteiger partial charge in [-0.2, -0.15) is 9.97 Å². The van der Waals surface area contributed by atoms with Crippen molar-refractivity contribution in [2.75, 3.05) is 49.7 Å². The molecule has 0 spiro atoms. The summed E-state index contributed by atoms with van der Waals surface area (Å²) < 4.78 is 0. The molecule has 0 saturated carbocycles. The van der Waals surface area contributed by atoms with E-state index in [9.17, 15) is 0 Å². The van der Waals surface area contributed by atoms with E-state index in [4.69, 9.17) is 16.6 Å². The highest BCUT2D eigenvalue weighted by molar-refractivity contribution is 7.98. The van der Waals surface area contributed by atoms with E-state index in [0.29, 0.717) is 17.6 Å². The van der Waals surface area contributed by atoms with Crippen LogP contribution >= 0.6 is 23.4 Å². The number of nitrogens with one attached hydrogen (secondary N) is 1. The normalized spacial score (nSPS) is 15.7. The Labute approximate surface area is 177 Å². The van der Waals surface area contributed by atoms with Crippen LogP contribution in [-0.4, -0.2) is 54.4 Å². The maximum atomic E-state index is 6.49. The number of likely N-dealkylation sites (N-methyl/N-ethyl adjacent to an activating group) is 1. The molecule has 0 radical (unpaired) electrons. The van der Waals surface area contributed by atoms with Gasteiger partial charge in [0.15, 0.2) is 0 Å². The van der Waals surface area contributed by atoms with Crippen LogP contribution in [0, 0.1) is 0 Å². The molecule has 7 heteroatoms. The summed E-state index contributed by atoms with van der Waals surface area (Å²) in [7, 11) is 2.15. The minimum Gasteiger partial charge on any atom is -0.353 e. The summed E-state index contributed by atoms with van der Waals surface area (Å²) in [6, 6.07) is 8.70. The molecule has 0 amide bonds. The van der Waals surface area contributed by atoms with E-state index in [1.807, 2.05) is 6.26 Å². The minimum atomic E-state index is 0.160. The molecule has 1 aromatic carbocycles. The van der Waals surface area contributed by atoms with Gasteiger partial charge in [-0.05, 0) is 29.8 Å². The molecule has 152 valence electrons. The van der Waals surface area contributed by atoms with Crippen molar-refractivity contribution in [3.8, 4) is 0 Å². The Bertz CT molecular complexity index is 796. The maximum absolute atomic E-state index is 6.49. The van der Waals surface area contributed by atoms with Crippen LogP contribution in [0.4, 0.5) is 11.8 Å². The van der Waals surface area contributed by atoms with Gasteiger partial charge in [0.1, 0.15) is 11.0 Å². The molecule has 1 N–H and O–H groups in total. The van der Waals surface area contributed by atoms with Gasteiger partial charge in [-0.25, -0.2) is 0 Å². The summed E-state index contributed by atoms with van der Waals surface area (Å²) in [4.78, 5) is 14.9. The zero-order valence-corrected chi connectivity index (χ0v) is 19.0. The molecule has 2 aromatic rings. The van der Waals surface area contributed by atoms with Gasteiger partial charge in [0.05, 0.1) is 4.90 Å². The second kappa shape index (κ2) is 8.89. The first kappa shape index (κ1) is 21.2. The Morgan fingerprint density at radius 2 is 1.71 bits per heavy atom. The third kappa shape index (κ3) is 5.10. The largest absolute Gasteiger partial charge is 0.353 e. The van der Waals surface area contributed by atoms with Gasteiger partial charge in [-0.1, -0.05) is 56.6 Å². The van der Waals surface area contributed by atoms with Crippen LogP contribution in [0.3, 0.4) is 0 Å². The Balaban J connectivity index is 1.75. The Hall–Kier alpha value is -1.50. The van der Waals surface area contributed by atoms with Gasteiger partial charge in [-0.15, -0.1) is 11.8 Å². The van der Waals surface area contributed by atoms with Crippen LogP contribution in [0.2, 0.25) is 5.15 Å². The van der Waals surface area contributed by atoms with Crippen molar-refractivity contribution >= 4 is 35.1 Å². The van der Waals surface area contributed by atoms with Gasteiger partial charge in [0.2, 0.25) is 5.95 Å². The lowest BCUT2D eigenvalue weighted by Gasteiger charge is -2.34. The topological polar surface area (TPSA) is 44.3 Å². The van der Waals surface area contributed by atoms with Crippen molar-refractivity contribution in [1.29, 1.82) is 0 Å². The number of nitrogens with zero attached hydrogens (tertiary/aromatic N) is 4. The smallest absolute Gasteiger partial charge is 0.226 e. The summed E-state index contributed by atoms with van der Waals surface area (Å²) in [6.07, 6.45) is 2.02. The SMILES string of the molecule is CSc1c(Cl)nc(NCc2ccc(C(C)(C)C)cc2)nc1N1CCN(C)CC1. The number of hydrogen-bond donors (Lipinski definition) is 1. The van der Waals surface area contributed by atoms with Crippen LogP contribution in [0.5, 0.6) is 0 Å². The highest BCUT2D eigenvalue weighted by Gasteiger charge is 2.21. The second-order valence-electron chi connectivity index (χ2n) is 8.29. The van der Waals surface area contributed by atoms with Crippen molar-refractivity contribution in [2.24, 2.45) is 0 Å². The molecule has 1 saturated heterocycles. The van der Waals surface area contributed by atoms with Gasteiger partial charge in [-0.3, -0.25) is 0 Å². The Morgan fingerprint density at radius 1 is 1.07 bits per heavy atom. The highest BCUT2D eigenvalue weighted by atomic mass is 35.5. The van der Waals surface area contributed by atoms with Crippen LogP contribution in [0.15, 0.2) is 29.2 Å². The average Bonchev–Trinajstić information content (AvgIpc) is 2.66. The zero-order chi connectivity index (χ0) is 20.3. The number of rotatable bonds is 5. The van der Waals surface area contributed by atoms with Crippen molar-refractivity contribution in [2.45, 2.75) is 37.6 Å². The average molecular weight is 420 g/mol. The lowest BCUT2D eigenvalue weighted by Crippen LogP contribution is -2.45. The first-order chi connectivity index (χ1) is 13.3. The Kier molecular flexibility index (Phi) is 6.73. The molecule has 3 rings (SSSR count). The molecule has 0 aliphatic carbocycles. The van der Waals surface area contributed by atoms with E-state index in [1.165, 1.54) is 11.1 Å². The molecule has 2 heterocycles. The molecule has 1 aliphatic heterocycles. The van der Waals surface area contributed by atoms with E-state index in [-0.39, 0.29) is 5.41 Å². The van der Waals surface area contributed by atoms with E-state index < -0.39 is 0 Å². The summed E-state index contributed by atoms with van der Waals surface area (Å²) in [5, 5.41) is 3.86. The molecule has 28 heavy (non-hydrogen) atoms. The molecule has 1 aromatic heterocycles. The van der Waals surface area contributed by atoms with Gasteiger partial charge in [0.25, 0.3) is 0 Å². The fraction of sp³-hybridized carbons (Fsp3) is 0.524. The summed E-state index contributed by atoms with van der Waals surface area (Å²) in [5.74, 6) is 1.52. The first-order valence-corrected chi connectivity index (χ1v) is 11.3. The fourth-order valence-corrected chi connectivity index (χ4v) is 4.17. The lowest BCUT2D eigenvalue weighted by molar-refractivity contribution is 0.311. The van der Waals surface area contributed by atoms with Crippen molar-refractivity contribution in [3.63, 3.8) is 0 Å². The minimum absolute atomic E-state index is 0.160. The number of benzene rings is 1. The maximum Gasteiger partial charge on any atom is 0.226 e. The predicted octanol–water partition coefficient (Wildman–Crippen LogP) is 4.51. The number of halogens is 1. The monoisotopic (exact) mass is 419 g/mol. The van der Waals surface area contributed by atoms with E-state index in [2.05, 4.69) is 72.2 Å². The molecule has 1 aliphatic rings. The van der Waals surface area contributed by atoms with E-state index in [1.54, 1.807) is 11.8 Å². The van der Waals surface area contributed by atoms with Crippen molar-refractivity contribution < 1.29 is 0 Å². The van der Waals surface area contributed by atoms with Crippen LogP contribution in [0.25, 0.3) is 0 Å². The number of hydrogen-bond acceptors (Lipinski definition) is 6. The number of thioether (sulfide) groups is 1. The third-order valence-corrected chi connectivity index (χ3v) is 6.25. The molecule has 5 nitrogen and oxygen atoms in total. The van der Waals surface area contributed by atoms with E-state index in [0.717, 1.165) is 36.9 Å². The van der Waals surface area contributed by atoms with Crippen LogP contribution in [-0.2, 0) is 12.0 Å². The molecule has 0 bridgehead atoms. The third-order valence-electron chi connectivity index (χ3n) is 5.08. The van der Waals surface area contributed by atoms with Crippen LogP contribution in [0.1, 0.15) is 31.9 Å². The quantitative estimate of drug-likeness (QED) is 0.568. The number of piperazine rings is 1. The van der Waals surface area contributed by atoms with Gasteiger partial charge in [0, 0.05) is 32.7 Å². The number of anilines is 2.